The van der Waals surface area contributed by atoms with E-state index in [2.05, 4.69) is 4.98 Å². The molecule has 2 aromatic heterocycles. The van der Waals surface area contributed by atoms with Gasteiger partial charge in [-0.2, -0.15) is 0 Å². The van der Waals surface area contributed by atoms with E-state index in [0.717, 1.165) is 4.88 Å². The van der Waals surface area contributed by atoms with E-state index in [1.807, 2.05) is 23.6 Å². The number of ether oxygens (including phenoxy) is 2. The first-order valence-electron chi connectivity index (χ1n) is 8.55. The van der Waals surface area contributed by atoms with Crippen molar-refractivity contribution >= 4 is 23.3 Å². The highest BCUT2D eigenvalue weighted by Crippen LogP contribution is 2.36. The molecule has 0 aliphatic carbocycles. The van der Waals surface area contributed by atoms with E-state index < -0.39 is 5.82 Å². The standard InChI is InChI=1S/C19H19FN2O3S/c20-16-4-1-8-21-18(16)25-14-7-9-24-19(11-14)12-22(13-19)17(23)6-5-15-3-2-10-26-15/h1-6,8,10,14H,7,9,11-13H2/b6-5+. The predicted molar refractivity (Wildman–Crippen MR) is 96.5 cm³/mol. The van der Waals surface area contributed by atoms with Crippen LogP contribution in [0.15, 0.2) is 41.9 Å². The van der Waals surface area contributed by atoms with E-state index in [0.29, 0.717) is 32.5 Å². The Morgan fingerprint density at radius 3 is 3.08 bits per heavy atom. The monoisotopic (exact) mass is 374 g/mol. The van der Waals surface area contributed by atoms with Crippen molar-refractivity contribution in [2.45, 2.75) is 24.5 Å². The number of likely N-dealkylation sites (tertiary alicyclic amines) is 1. The van der Waals surface area contributed by atoms with Gasteiger partial charge in [0.25, 0.3) is 5.88 Å². The molecule has 2 aliphatic rings. The highest BCUT2D eigenvalue weighted by atomic mass is 32.1. The first kappa shape index (κ1) is 17.2. The van der Waals surface area contributed by atoms with Gasteiger partial charge in [0.15, 0.2) is 5.82 Å². The Balaban J connectivity index is 1.33. The van der Waals surface area contributed by atoms with Crippen LogP contribution in [0.5, 0.6) is 5.88 Å². The fraction of sp³-hybridized carbons (Fsp3) is 0.368. The normalized spacial score (nSPS) is 21.7. The van der Waals surface area contributed by atoms with Gasteiger partial charge in [-0.3, -0.25) is 4.79 Å². The van der Waals surface area contributed by atoms with E-state index in [1.165, 1.54) is 18.3 Å². The Morgan fingerprint density at radius 2 is 2.31 bits per heavy atom. The molecule has 0 aromatic carbocycles. The van der Waals surface area contributed by atoms with Gasteiger partial charge in [0.2, 0.25) is 5.91 Å². The van der Waals surface area contributed by atoms with E-state index in [4.69, 9.17) is 9.47 Å². The van der Waals surface area contributed by atoms with Crippen LogP contribution in [0.2, 0.25) is 0 Å². The van der Waals surface area contributed by atoms with Crippen molar-refractivity contribution in [2.24, 2.45) is 0 Å². The molecule has 4 rings (SSSR count). The van der Waals surface area contributed by atoms with Crippen molar-refractivity contribution < 1.29 is 18.7 Å². The lowest BCUT2D eigenvalue weighted by Crippen LogP contribution is -2.67. The molecule has 2 aliphatic heterocycles. The summed E-state index contributed by atoms with van der Waals surface area (Å²) in [6.07, 6.45) is 6.09. The average Bonchev–Trinajstić information content (AvgIpc) is 3.13. The molecular formula is C19H19FN2O3S. The van der Waals surface area contributed by atoms with E-state index in [-0.39, 0.29) is 23.5 Å². The maximum atomic E-state index is 13.7. The second-order valence-electron chi connectivity index (χ2n) is 6.60. The summed E-state index contributed by atoms with van der Waals surface area (Å²) >= 11 is 1.59. The number of carbonyl (C=O) groups excluding carboxylic acids is 1. The number of carbonyl (C=O) groups is 1. The lowest BCUT2D eigenvalue weighted by Gasteiger charge is -2.52. The van der Waals surface area contributed by atoms with Gasteiger partial charge in [0.1, 0.15) is 11.7 Å². The second kappa shape index (κ2) is 7.17. The van der Waals surface area contributed by atoms with Crippen LogP contribution in [0.3, 0.4) is 0 Å². The summed E-state index contributed by atoms with van der Waals surface area (Å²) in [7, 11) is 0. The zero-order chi connectivity index (χ0) is 18.0. The SMILES string of the molecule is O=C(/C=C/c1cccs1)N1CC2(CC(Oc3ncccc3F)CCO2)C1. The molecule has 5 nitrogen and oxygen atoms in total. The summed E-state index contributed by atoms with van der Waals surface area (Å²) in [4.78, 5) is 19.0. The number of pyridine rings is 1. The largest absolute Gasteiger partial charge is 0.472 e. The number of nitrogens with zero attached hydrogens (tertiary/aromatic N) is 2. The topological polar surface area (TPSA) is 51.7 Å². The Kier molecular flexibility index (Phi) is 4.74. The van der Waals surface area contributed by atoms with Gasteiger partial charge in [-0.05, 0) is 29.7 Å². The predicted octanol–water partition coefficient (Wildman–Crippen LogP) is 3.13. The molecule has 1 atom stereocenters. The molecule has 0 N–H and O–H groups in total. The number of halogens is 1. The van der Waals surface area contributed by atoms with Crippen molar-refractivity contribution in [3.63, 3.8) is 0 Å². The summed E-state index contributed by atoms with van der Waals surface area (Å²) < 4.78 is 25.4. The van der Waals surface area contributed by atoms with Gasteiger partial charge < -0.3 is 14.4 Å². The van der Waals surface area contributed by atoms with E-state index >= 15 is 0 Å². The van der Waals surface area contributed by atoms with Crippen molar-refractivity contribution in [2.75, 3.05) is 19.7 Å². The van der Waals surface area contributed by atoms with Crippen LogP contribution < -0.4 is 4.74 Å². The Bertz CT molecular complexity index is 803. The van der Waals surface area contributed by atoms with Gasteiger partial charge in [0.05, 0.1) is 19.7 Å². The van der Waals surface area contributed by atoms with Crippen molar-refractivity contribution in [3.05, 3.63) is 52.6 Å². The molecule has 2 fully saturated rings. The third-order valence-corrected chi connectivity index (χ3v) is 5.49. The van der Waals surface area contributed by atoms with Gasteiger partial charge in [-0.15, -0.1) is 11.3 Å². The molecule has 136 valence electrons. The second-order valence-corrected chi connectivity index (χ2v) is 7.58. The molecule has 1 spiro atoms. The molecule has 0 radical (unpaired) electrons. The van der Waals surface area contributed by atoms with Gasteiger partial charge >= 0.3 is 0 Å². The van der Waals surface area contributed by atoms with Crippen molar-refractivity contribution in [1.82, 2.24) is 9.88 Å². The summed E-state index contributed by atoms with van der Waals surface area (Å²) in [5, 5.41) is 1.98. The molecule has 26 heavy (non-hydrogen) atoms. The average molecular weight is 374 g/mol. The van der Waals surface area contributed by atoms with Crippen molar-refractivity contribution in [3.8, 4) is 5.88 Å². The van der Waals surface area contributed by atoms with Gasteiger partial charge in [-0.25, -0.2) is 9.37 Å². The number of aromatic nitrogens is 1. The molecule has 0 bridgehead atoms. The maximum Gasteiger partial charge on any atom is 0.250 e. The fourth-order valence-corrected chi connectivity index (χ4v) is 3.99. The van der Waals surface area contributed by atoms with Crippen LogP contribution in [0, 0.1) is 5.82 Å². The fourth-order valence-electron chi connectivity index (χ4n) is 3.37. The number of thiophene rings is 1. The highest BCUT2D eigenvalue weighted by molar-refractivity contribution is 7.10. The highest BCUT2D eigenvalue weighted by Gasteiger charge is 2.49. The minimum atomic E-state index is -0.461. The molecule has 4 heterocycles. The molecular weight excluding hydrogens is 355 g/mol. The quantitative estimate of drug-likeness (QED) is 0.772. The third kappa shape index (κ3) is 3.64. The summed E-state index contributed by atoms with van der Waals surface area (Å²) in [6.45, 7) is 1.60. The van der Waals surface area contributed by atoms with Crippen LogP contribution in [-0.4, -0.2) is 47.2 Å². The molecule has 2 aromatic rings. The lowest BCUT2D eigenvalue weighted by molar-refractivity contribution is -0.190. The zero-order valence-corrected chi connectivity index (χ0v) is 15.0. The van der Waals surface area contributed by atoms with Crippen LogP contribution in [-0.2, 0) is 9.53 Å². The molecule has 7 heteroatoms. The van der Waals surface area contributed by atoms with Crippen LogP contribution in [0.1, 0.15) is 17.7 Å². The first-order chi connectivity index (χ1) is 12.6. The minimum Gasteiger partial charge on any atom is -0.472 e. The molecule has 2 saturated heterocycles. The first-order valence-corrected chi connectivity index (χ1v) is 9.43. The number of hydrogen-bond acceptors (Lipinski definition) is 5. The molecule has 1 amide bonds. The smallest absolute Gasteiger partial charge is 0.250 e. The molecule has 0 saturated carbocycles. The number of hydrogen-bond donors (Lipinski definition) is 0. The summed E-state index contributed by atoms with van der Waals surface area (Å²) in [5.41, 5.74) is -0.388. The summed E-state index contributed by atoms with van der Waals surface area (Å²) in [5.74, 6) is -0.454. The molecule has 1 unspecified atom stereocenters. The van der Waals surface area contributed by atoms with Crippen LogP contribution in [0.4, 0.5) is 4.39 Å². The number of amides is 1. The van der Waals surface area contributed by atoms with Gasteiger partial charge in [-0.1, -0.05) is 6.07 Å². The van der Waals surface area contributed by atoms with Gasteiger partial charge in [0, 0.05) is 30.0 Å². The summed E-state index contributed by atoms with van der Waals surface area (Å²) in [6, 6.07) is 6.79. The van der Waals surface area contributed by atoms with E-state index in [1.54, 1.807) is 22.3 Å². The Morgan fingerprint density at radius 1 is 1.42 bits per heavy atom. The number of rotatable bonds is 4. The van der Waals surface area contributed by atoms with Crippen LogP contribution >= 0.6 is 11.3 Å². The zero-order valence-electron chi connectivity index (χ0n) is 14.1. The van der Waals surface area contributed by atoms with E-state index in [9.17, 15) is 9.18 Å². The minimum absolute atomic E-state index is 0.0218. The third-order valence-electron chi connectivity index (χ3n) is 4.65. The Hall–Kier alpha value is -2.25. The lowest BCUT2D eigenvalue weighted by atomic mass is 9.84. The van der Waals surface area contributed by atoms with Crippen molar-refractivity contribution in [1.29, 1.82) is 0 Å². The maximum absolute atomic E-state index is 13.7. The van der Waals surface area contributed by atoms with Crippen LogP contribution in [0.25, 0.3) is 6.08 Å². The Labute approximate surface area is 155 Å².